The first-order valence-electron chi connectivity index (χ1n) is 5.87. The van der Waals surface area contributed by atoms with Crippen molar-refractivity contribution in [3.63, 3.8) is 0 Å². The van der Waals surface area contributed by atoms with Gasteiger partial charge in [-0.05, 0) is 11.8 Å². The summed E-state index contributed by atoms with van der Waals surface area (Å²) >= 11 is 1.49. The molecule has 1 aromatic rings. The number of nitrogens with one attached hydrogen (secondary N) is 2. The lowest BCUT2D eigenvalue weighted by Crippen LogP contribution is -2.21. The summed E-state index contributed by atoms with van der Waals surface area (Å²) in [6, 6.07) is 0.641. The van der Waals surface area contributed by atoms with Crippen molar-refractivity contribution in [2.45, 2.75) is 32.2 Å². The van der Waals surface area contributed by atoms with Crippen molar-refractivity contribution in [1.29, 1.82) is 0 Å². The van der Waals surface area contributed by atoms with Crippen molar-refractivity contribution in [3.8, 4) is 0 Å². The largest absolute Gasteiger partial charge is 0.357 e. The van der Waals surface area contributed by atoms with Gasteiger partial charge in [0, 0.05) is 36.1 Å². The average molecular weight is 238 g/mol. The molecular formula is C11H18N4S. The minimum absolute atomic E-state index is 0.0530. The van der Waals surface area contributed by atoms with E-state index in [0.717, 1.165) is 35.9 Å². The van der Waals surface area contributed by atoms with Crippen molar-refractivity contribution < 1.29 is 0 Å². The lowest BCUT2D eigenvalue weighted by atomic mass is 9.96. The lowest BCUT2D eigenvalue weighted by Gasteiger charge is -2.12. The van der Waals surface area contributed by atoms with Crippen molar-refractivity contribution in [1.82, 2.24) is 14.7 Å². The van der Waals surface area contributed by atoms with Gasteiger partial charge in [-0.1, -0.05) is 20.8 Å². The van der Waals surface area contributed by atoms with Gasteiger partial charge in [0.15, 0.2) is 0 Å². The van der Waals surface area contributed by atoms with Crippen molar-refractivity contribution in [2.75, 3.05) is 18.4 Å². The molecule has 2 aliphatic rings. The molecule has 0 aromatic carbocycles. The number of rotatable bonds is 2. The van der Waals surface area contributed by atoms with Crippen LogP contribution in [0.3, 0.4) is 0 Å². The van der Waals surface area contributed by atoms with Gasteiger partial charge in [-0.15, -0.1) is 0 Å². The molecule has 3 rings (SSSR count). The molecule has 2 fully saturated rings. The molecule has 5 heteroatoms. The van der Waals surface area contributed by atoms with Crippen LogP contribution in [0, 0.1) is 11.8 Å². The molecule has 0 spiro atoms. The van der Waals surface area contributed by atoms with E-state index in [4.69, 9.17) is 0 Å². The number of aromatic nitrogens is 2. The zero-order chi connectivity index (χ0) is 11.3. The van der Waals surface area contributed by atoms with Crippen LogP contribution in [0.15, 0.2) is 0 Å². The second kappa shape index (κ2) is 3.40. The summed E-state index contributed by atoms with van der Waals surface area (Å²) in [4.78, 5) is 4.56. The molecule has 0 radical (unpaired) electrons. The Balaban J connectivity index is 1.66. The van der Waals surface area contributed by atoms with Crippen LogP contribution in [0.2, 0.25) is 0 Å². The zero-order valence-electron chi connectivity index (χ0n) is 9.95. The Kier molecular flexibility index (Phi) is 2.23. The van der Waals surface area contributed by atoms with E-state index >= 15 is 0 Å². The van der Waals surface area contributed by atoms with E-state index in [1.54, 1.807) is 0 Å². The maximum atomic E-state index is 4.56. The minimum atomic E-state index is 0.0530. The first kappa shape index (κ1) is 10.5. The monoisotopic (exact) mass is 238 g/mol. The van der Waals surface area contributed by atoms with Gasteiger partial charge in [0.25, 0.3) is 0 Å². The standard InChI is InChI=1S/C11H18N4S/c1-11(2,3)9-14-10(16-15-9)13-8-6-4-12-5-7(6)8/h6-8,12H,4-5H2,1-3H3,(H,13,14,15). The Morgan fingerprint density at radius 2 is 2.00 bits per heavy atom. The highest BCUT2D eigenvalue weighted by Gasteiger charge is 2.53. The SMILES string of the molecule is CC(C)(C)c1nsc(NC2C3CNCC32)n1. The highest BCUT2D eigenvalue weighted by molar-refractivity contribution is 7.09. The van der Waals surface area contributed by atoms with Crippen molar-refractivity contribution >= 4 is 16.7 Å². The molecule has 2 atom stereocenters. The molecule has 2 N–H and O–H groups in total. The summed E-state index contributed by atoms with van der Waals surface area (Å²) in [7, 11) is 0. The van der Waals surface area contributed by atoms with Gasteiger partial charge in [-0.2, -0.15) is 4.37 Å². The number of piperidine rings is 1. The van der Waals surface area contributed by atoms with E-state index in [0.29, 0.717) is 6.04 Å². The molecular weight excluding hydrogens is 220 g/mol. The lowest BCUT2D eigenvalue weighted by molar-refractivity contribution is 0.555. The number of nitrogens with zero attached hydrogens (tertiary/aromatic N) is 2. The molecule has 16 heavy (non-hydrogen) atoms. The smallest absolute Gasteiger partial charge is 0.202 e. The second-order valence-electron chi connectivity index (χ2n) is 5.83. The summed E-state index contributed by atoms with van der Waals surface area (Å²) in [6.45, 7) is 8.76. The minimum Gasteiger partial charge on any atom is -0.357 e. The molecule has 1 aliphatic heterocycles. The number of fused-ring (bicyclic) bond motifs is 1. The summed E-state index contributed by atoms with van der Waals surface area (Å²) in [5.41, 5.74) is 0.0530. The van der Waals surface area contributed by atoms with Crippen LogP contribution in [0.5, 0.6) is 0 Å². The van der Waals surface area contributed by atoms with Crippen LogP contribution in [0.1, 0.15) is 26.6 Å². The predicted octanol–water partition coefficient (Wildman–Crippen LogP) is 1.47. The molecule has 1 saturated heterocycles. The maximum absolute atomic E-state index is 4.56. The molecule has 2 unspecified atom stereocenters. The Hall–Kier alpha value is -0.680. The van der Waals surface area contributed by atoms with E-state index in [9.17, 15) is 0 Å². The Morgan fingerprint density at radius 1 is 1.31 bits per heavy atom. The maximum Gasteiger partial charge on any atom is 0.202 e. The normalized spacial score (nSPS) is 32.6. The molecule has 0 amide bonds. The summed E-state index contributed by atoms with van der Waals surface area (Å²) in [5.74, 6) is 2.59. The van der Waals surface area contributed by atoms with E-state index < -0.39 is 0 Å². The second-order valence-corrected chi connectivity index (χ2v) is 6.58. The molecule has 1 aliphatic carbocycles. The number of anilines is 1. The quantitative estimate of drug-likeness (QED) is 0.819. The van der Waals surface area contributed by atoms with Crippen LogP contribution < -0.4 is 10.6 Å². The van der Waals surface area contributed by atoms with E-state index in [1.165, 1.54) is 11.5 Å². The highest BCUT2D eigenvalue weighted by atomic mass is 32.1. The number of hydrogen-bond acceptors (Lipinski definition) is 5. The van der Waals surface area contributed by atoms with Crippen molar-refractivity contribution in [3.05, 3.63) is 5.82 Å². The van der Waals surface area contributed by atoms with E-state index in [-0.39, 0.29) is 5.41 Å². The van der Waals surface area contributed by atoms with Crippen LogP contribution in [0.25, 0.3) is 0 Å². The zero-order valence-corrected chi connectivity index (χ0v) is 10.8. The van der Waals surface area contributed by atoms with Gasteiger partial charge in [0.2, 0.25) is 5.13 Å². The van der Waals surface area contributed by atoms with E-state index in [2.05, 4.69) is 40.8 Å². The molecule has 2 heterocycles. The third-order valence-corrected chi connectivity index (χ3v) is 4.12. The highest BCUT2D eigenvalue weighted by Crippen LogP contribution is 2.44. The van der Waals surface area contributed by atoms with Gasteiger partial charge in [-0.25, -0.2) is 4.98 Å². The third-order valence-electron chi connectivity index (χ3n) is 3.48. The molecule has 0 bridgehead atoms. The summed E-state index contributed by atoms with van der Waals surface area (Å²) in [6.07, 6.45) is 0. The van der Waals surface area contributed by atoms with Crippen LogP contribution in [-0.4, -0.2) is 28.5 Å². The fourth-order valence-corrected chi connectivity index (χ4v) is 3.17. The fourth-order valence-electron chi connectivity index (χ4n) is 2.36. The Bertz CT molecular complexity index is 385. The third kappa shape index (κ3) is 1.72. The van der Waals surface area contributed by atoms with Gasteiger partial charge in [0.05, 0.1) is 0 Å². The predicted molar refractivity (Wildman–Crippen MR) is 65.9 cm³/mol. The topological polar surface area (TPSA) is 49.8 Å². The fraction of sp³-hybridized carbons (Fsp3) is 0.818. The molecule has 1 saturated carbocycles. The van der Waals surface area contributed by atoms with E-state index in [1.807, 2.05) is 0 Å². The van der Waals surface area contributed by atoms with Gasteiger partial charge < -0.3 is 10.6 Å². The molecule has 88 valence electrons. The molecule has 4 nitrogen and oxygen atoms in total. The van der Waals surface area contributed by atoms with Crippen LogP contribution >= 0.6 is 11.5 Å². The first-order chi connectivity index (χ1) is 7.55. The summed E-state index contributed by atoms with van der Waals surface area (Å²) < 4.78 is 4.41. The average Bonchev–Trinajstić information content (AvgIpc) is 2.64. The van der Waals surface area contributed by atoms with Gasteiger partial charge >= 0.3 is 0 Å². The van der Waals surface area contributed by atoms with Gasteiger partial charge in [0.1, 0.15) is 5.82 Å². The molecule has 1 aromatic heterocycles. The van der Waals surface area contributed by atoms with Gasteiger partial charge in [-0.3, -0.25) is 0 Å². The number of hydrogen-bond donors (Lipinski definition) is 2. The summed E-state index contributed by atoms with van der Waals surface area (Å²) in [5, 5.41) is 7.90. The van der Waals surface area contributed by atoms with Crippen LogP contribution in [0.4, 0.5) is 5.13 Å². The Labute approximate surface area is 100 Å². The first-order valence-corrected chi connectivity index (χ1v) is 6.64. The van der Waals surface area contributed by atoms with Crippen molar-refractivity contribution in [2.24, 2.45) is 11.8 Å². The Morgan fingerprint density at radius 3 is 2.56 bits per heavy atom. The van der Waals surface area contributed by atoms with Crippen LogP contribution in [-0.2, 0) is 5.41 Å².